The van der Waals surface area contributed by atoms with Crippen molar-refractivity contribution in [3.63, 3.8) is 0 Å². The van der Waals surface area contributed by atoms with Crippen molar-refractivity contribution in [2.45, 2.75) is 88.2 Å². The van der Waals surface area contributed by atoms with Crippen molar-refractivity contribution in [2.24, 2.45) is 28.6 Å². The van der Waals surface area contributed by atoms with E-state index in [1.54, 1.807) is 6.26 Å². The summed E-state index contributed by atoms with van der Waals surface area (Å²) < 4.78 is 5.16. The highest BCUT2D eigenvalue weighted by molar-refractivity contribution is 6.25. The number of hydrogen-bond donors (Lipinski definition) is 2. The summed E-state index contributed by atoms with van der Waals surface area (Å²) in [6.45, 7) is 4.68. The third-order valence-electron chi connectivity index (χ3n) is 9.89. The van der Waals surface area contributed by atoms with Crippen LogP contribution >= 0.6 is 11.6 Å². The number of aliphatic hydroxyl groups excluding tert-OH is 2. The van der Waals surface area contributed by atoms with E-state index in [4.69, 9.17) is 16.0 Å². The summed E-state index contributed by atoms with van der Waals surface area (Å²) in [5.74, 6) is 1.45. The number of hydrogen-bond acceptors (Lipinski definition) is 4. The summed E-state index contributed by atoms with van der Waals surface area (Å²) in [7, 11) is 0. The van der Waals surface area contributed by atoms with Crippen molar-refractivity contribution in [3.05, 3.63) is 34.4 Å². The third-order valence-corrected chi connectivity index (χ3v) is 10.9. The highest BCUT2D eigenvalue weighted by Gasteiger charge is 2.70. The van der Waals surface area contributed by atoms with Gasteiger partial charge >= 0.3 is 5.63 Å². The highest BCUT2D eigenvalue weighted by Crippen LogP contribution is 2.72. The Bertz CT molecular complexity index is 833. The third kappa shape index (κ3) is 2.61. The molecule has 0 saturated heterocycles. The van der Waals surface area contributed by atoms with Gasteiger partial charge in [0.25, 0.3) is 0 Å². The summed E-state index contributed by atoms with van der Waals surface area (Å²) in [5, 5.41) is 21.6. The van der Waals surface area contributed by atoms with Gasteiger partial charge in [0.05, 0.1) is 23.3 Å². The van der Waals surface area contributed by atoms with Crippen LogP contribution < -0.4 is 5.63 Å². The van der Waals surface area contributed by atoms with Crippen molar-refractivity contribution in [1.82, 2.24) is 0 Å². The van der Waals surface area contributed by atoms with Crippen LogP contribution in [0.5, 0.6) is 0 Å². The first-order valence-electron chi connectivity index (χ1n) is 11.3. The van der Waals surface area contributed by atoms with E-state index in [2.05, 4.69) is 13.8 Å². The maximum atomic E-state index is 11.4. The van der Waals surface area contributed by atoms with E-state index >= 15 is 0 Å². The van der Waals surface area contributed by atoms with Crippen LogP contribution in [0.1, 0.15) is 76.7 Å². The van der Waals surface area contributed by atoms with E-state index in [0.717, 1.165) is 50.5 Å². The van der Waals surface area contributed by atoms with Gasteiger partial charge in [0, 0.05) is 6.07 Å². The molecule has 0 radical (unpaired) electrons. The van der Waals surface area contributed by atoms with Gasteiger partial charge in [-0.3, -0.25) is 0 Å². The molecule has 0 amide bonds. The molecule has 1 heterocycles. The average Bonchev–Trinajstić information content (AvgIpc) is 2.90. The van der Waals surface area contributed by atoms with Gasteiger partial charge in [0.15, 0.2) is 0 Å². The first kappa shape index (κ1) is 20.1. The van der Waals surface area contributed by atoms with Crippen LogP contribution in [0.4, 0.5) is 0 Å². The molecule has 4 saturated carbocycles. The van der Waals surface area contributed by atoms with Gasteiger partial charge < -0.3 is 14.6 Å². The molecule has 0 aliphatic heterocycles. The van der Waals surface area contributed by atoms with Crippen LogP contribution in [0, 0.1) is 28.6 Å². The largest absolute Gasteiger partial charge is 0.431 e. The van der Waals surface area contributed by atoms with Gasteiger partial charge in [-0.05, 0) is 97.5 Å². The maximum absolute atomic E-state index is 11.4. The lowest BCUT2D eigenvalue weighted by atomic mass is 9.44. The first-order valence-corrected chi connectivity index (χ1v) is 11.7. The van der Waals surface area contributed by atoms with Crippen LogP contribution in [0.25, 0.3) is 0 Å². The Balaban J connectivity index is 1.52. The minimum atomic E-state index is -0.652. The molecule has 4 aliphatic rings. The molecule has 2 N–H and O–H groups in total. The second-order valence-corrected chi connectivity index (χ2v) is 11.5. The van der Waals surface area contributed by atoms with Gasteiger partial charge in [-0.15, -0.1) is 11.6 Å². The van der Waals surface area contributed by atoms with E-state index in [1.165, 1.54) is 6.07 Å². The number of halogens is 1. The standard InChI is InChI=1S/C24H33ClO4/c1-22-9-7-16(26)11-15(22)4-5-18-17(22)8-10-23(2)19(12-20(27)24(18,23)25)14-3-6-21(28)29-13-14/h3,6,13,15-20,26-27H,4-5,7-12H2,1-2H3/t15-,16+,17+,18-,19-,20+,22+,23-,24-/m1/s1. The van der Waals surface area contributed by atoms with Crippen LogP contribution in [0.3, 0.4) is 0 Å². The zero-order valence-corrected chi connectivity index (χ0v) is 18.2. The van der Waals surface area contributed by atoms with Crippen LogP contribution in [-0.2, 0) is 0 Å². The summed E-state index contributed by atoms with van der Waals surface area (Å²) in [5.41, 5.74) is 0.617. The zero-order chi connectivity index (χ0) is 20.6. The summed E-state index contributed by atoms with van der Waals surface area (Å²) in [4.78, 5) is 10.8. The SMILES string of the molecule is C[C@]12CC[C@H](O)C[C@H]1CC[C@@H]1[C@@H]2CC[C@]2(C)[C@@H](c3ccc(=O)oc3)C[C@H](O)[C@]12Cl. The fraction of sp³-hybridized carbons (Fsp3) is 0.792. The normalized spacial score (nSPS) is 51.8. The van der Waals surface area contributed by atoms with Crippen molar-refractivity contribution in [1.29, 1.82) is 0 Å². The van der Waals surface area contributed by atoms with Crippen LogP contribution in [0.2, 0.25) is 0 Å². The van der Waals surface area contributed by atoms with Crippen LogP contribution in [-0.4, -0.2) is 27.3 Å². The van der Waals surface area contributed by atoms with E-state index in [1.807, 2.05) is 6.07 Å². The Hall–Kier alpha value is -0.840. The van der Waals surface area contributed by atoms with Crippen molar-refractivity contribution in [2.75, 3.05) is 0 Å². The molecule has 160 valence electrons. The Morgan fingerprint density at radius 2 is 1.83 bits per heavy atom. The Morgan fingerprint density at radius 3 is 2.55 bits per heavy atom. The number of alkyl halides is 1. The van der Waals surface area contributed by atoms with Crippen molar-refractivity contribution < 1.29 is 14.6 Å². The number of rotatable bonds is 1. The summed E-state index contributed by atoms with van der Waals surface area (Å²) in [6, 6.07) is 3.33. The molecular weight excluding hydrogens is 388 g/mol. The maximum Gasteiger partial charge on any atom is 0.335 e. The fourth-order valence-corrected chi connectivity index (χ4v) is 8.85. The number of fused-ring (bicyclic) bond motifs is 5. The molecular formula is C24H33ClO4. The predicted octanol–water partition coefficient (Wildman–Crippen LogP) is 4.46. The van der Waals surface area contributed by atoms with Gasteiger partial charge in [-0.2, -0.15) is 0 Å². The summed E-state index contributed by atoms with van der Waals surface area (Å²) >= 11 is 7.54. The fourth-order valence-electron chi connectivity index (χ4n) is 8.27. The quantitative estimate of drug-likeness (QED) is 0.658. The summed E-state index contributed by atoms with van der Waals surface area (Å²) in [6.07, 6.45) is 8.57. The molecule has 4 aliphatic carbocycles. The topological polar surface area (TPSA) is 70.7 Å². The minimum Gasteiger partial charge on any atom is -0.431 e. The lowest BCUT2D eigenvalue weighted by Gasteiger charge is -2.63. The smallest absolute Gasteiger partial charge is 0.335 e. The molecule has 1 aromatic heterocycles. The molecule has 29 heavy (non-hydrogen) atoms. The van der Waals surface area contributed by atoms with Crippen molar-refractivity contribution >= 4 is 11.6 Å². The Kier molecular flexibility index (Phi) is 4.56. The molecule has 4 fully saturated rings. The van der Waals surface area contributed by atoms with Gasteiger partial charge in [0.1, 0.15) is 0 Å². The van der Waals surface area contributed by atoms with E-state index in [9.17, 15) is 15.0 Å². The Morgan fingerprint density at radius 1 is 1.03 bits per heavy atom. The minimum absolute atomic E-state index is 0.0963. The van der Waals surface area contributed by atoms with Gasteiger partial charge in [0.2, 0.25) is 0 Å². The lowest BCUT2D eigenvalue weighted by molar-refractivity contribution is -0.127. The second-order valence-electron chi connectivity index (χ2n) is 10.8. The molecule has 9 atom stereocenters. The molecule has 1 aromatic rings. The van der Waals surface area contributed by atoms with E-state index in [0.29, 0.717) is 18.3 Å². The molecule has 4 nitrogen and oxygen atoms in total. The highest BCUT2D eigenvalue weighted by atomic mass is 35.5. The second kappa shape index (κ2) is 6.58. The molecule has 0 bridgehead atoms. The zero-order valence-electron chi connectivity index (χ0n) is 17.4. The number of aliphatic hydroxyl groups is 2. The monoisotopic (exact) mass is 420 g/mol. The van der Waals surface area contributed by atoms with Crippen LogP contribution in [0.15, 0.2) is 27.6 Å². The van der Waals surface area contributed by atoms with Gasteiger partial charge in [-0.25, -0.2) is 4.79 Å². The molecule has 0 spiro atoms. The predicted molar refractivity (Wildman–Crippen MR) is 112 cm³/mol. The molecule has 5 heteroatoms. The average molecular weight is 421 g/mol. The first-order chi connectivity index (χ1) is 13.7. The lowest BCUT2D eigenvalue weighted by Crippen LogP contribution is -2.62. The Labute approximate surface area is 177 Å². The molecule has 0 aromatic carbocycles. The van der Waals surface area contributed by atoms with Crippen molar-refractivity contribution in [3.8, 4) is 0 Å². The molecule has 0 unspecified atom stereocenters. The van der Waals surface area contributed by atoms with E-state index < -0.39 is 11.0 Å². The van der Waals surface area contributed by atoms with Gasteiger partial charge in [-0.1, -0.05) is 13.8 Å². The van der Waals surface area contributed by atoms with E-state index in [-0.39, 0.29) is 34.4 Å². The molecule has 5 rings (SSSR count).